The van der Waals surface area contributed by atoms with Gasteiger partial charge in [-0.25, -0.2) is 8.42 Å². The molecule has 0 aliphatic carbocycles. The minimum Gasteiger partial charge on any atom is -0.491 e. The van der Waals surface area contributed by atoms with E-state index in [1.54, 1.807) is 24.3 Å². The number of ether oxygens (including phenoxy) is 5. The fourth-order valence-electron chi connectivity index (χ4n) is 8.24. The number of aromatic nitrogens is 4. The number of sulfone groups is 1. The molecule has 366 valence electrons. The first-order chi connectivity index (χ1) is 33.5. The van der Waals surface area contributed by atoms with Gasteiger partial charge in [-0.3, -0.25) is 39.3 Å². The monoisotopic (exact) mass is 1000 g/mol. The Morgan fingerprint density at radius 3 is 2.47 bits per heavy atom. The van der Waals surface area contributed by atoms with Crippen molar-refractivity contribution in [3.05, 3.63) is 100 Å². The number of benzene rings is 3. The standard InChI is InChI=1S/C45H43ClF2N10O11S/c1-65-44-54-42(51-32-24-26(70(2,63)64)9-11-31(32)50-36(37-30(46)6-4-14-49-37)28-5-3-7-34-38(28)69-45(47,48)68-34)53-43(55-44)57-17-15-56(16-18-57)19-20-66-21-22-67-25-8-10-27-29(23-25)41(62)58(40(27)61)33-12-13-35(59)52-39(33)60/h3-11,14,23-24,33,36,50H,12-13,15-22H2,1-2H3,(H,52,59,60)(H,51,53,54,55)/t33?,36-/m0/s1. The first kappa shape index (κ1) is 47.8. The van der Waals surface area contributed by atoms with Crippen LogP contribution in [-0.2, 0) is 24.2 Å². The fraction of sp³-hybridized carbons (Fsp3) is 0.333. The van der Waals surface area contributed by atoms with Crippen LogP contribution in [0.15, 0.2) is 77.8 Å². The number of halogens is 3. The average Bonchev–Trinajstić information content (AvgIpc) is 3.79. The van der Waals surface area contributed by atoms with Crippen LogP contribution in [0.4, 0.5) is 32.1 Å². The number of carbonyl (C=O) groups is 4. The van der Waals surface area contributed by atoms with Gasteiger partial charge in [0.15, 0.2) is 21.3 Å². The SMILES string of the molecule is COc1nc(Nc2cc(S(C)(=O)=O)ccc2N[C@@H](c2cccc3c2OC(F)(F)O3)c2ncccc2Cl)nc(N2CCN(CCOCCOc3ccc4c(c3)C(=O)N(C3CCC(=O)NC3=O)C4=O)CC2)n1. The van der Waals surface area contributed by atoms with Gasteiger partial charge in [0.05, 0.1) is 64.5 Å². The topological polar surface area (TPSA) is 246 Å². The van der Waals surface area contributed by atoms with Crippen molar-refractivity contribution in [1.29, 1.82) is 0 Å². The van der Waals surface area contributed by atoms with Crippen molar-refractivity contribution in [1.82, 2.24) is 35.1 Å². The zero-order valence-electron chi connectivity index (χ0n) is 37.3. The molecule has 9 rings (SSSR count). The van der Waals surface area contributed by atoms with Crippen molar-refractivity contribution in [3.8, 4) is 23.3 Å². The lowest BCUT2D eigenvalue weighted by molar-refractivity contribution is -0.287. The molecule has 4 amide bonds. The quantitative estimate of drug-likeness (QED) is 0.0872. The Bertz CT molecular complexity index is 3000. The lowest BCUT2D eigenvalue weighted by Gasteiger charge is -2.34. The zero-order chi connectivity index (χ0) is 49.3. The predicted molar refractivity (Wildman–Crippen MR) is 245 cm³/mol. The van der Waals surface area contributed by atoms with Gasteiger partial charge in [-0.1, -0.05) is 23.7 Å². The van der Waals surface area contributed by atoms with Crippen LogP contribution >= 0.6 is 11.6 Å². The maximum absolute atomic E-state index is 14.4. The Balaban J connectivity index is 0.822. The summed E-state index contributed by atoms with van der Waals surface area (Å²) in [4.78, 5) is 73.1. The maximum Gasteiger partial charge on any atom is 0.586 e. The Labute approximate surface area is 403 Å². The Hall–Kier alpha value is -7.28. The van der Waals surface area contributed by atoms with Crippen LogP contribution in [0.5, 0.6) is 23.3 Å². The number of fused-ring (bicyclic) bond motifs is 2. The van der Waals surface area contributed by atoms with Crippen LogP contribution in [0.1, 0.15) is 50.9 Å². The molecule has 0 spiro atoms. The molecular formula is C45H43ClF2N10O11S. The first-order valence-corrected chi connectivity index (χ1v) is 24.0. The van der Waals surface area contributed by atoms with Gasteiger partial charge in [0, 0.05) is 57.2 Å². The molecule has 25 heteroatoms. The Morgan fingerprint density at radius 1 is 0.914 bits per heavy atom. The average molecular weight is 1010 g/mol. The van der Waals surface area contributed by atoms with Gasteiger partial charge in [0.1, 0.15) is 18.4 Å². The Kier molecular flexibility index (Phi) is 13.4. The largest absolute Gasteiger partial charge is 0.586 e. The minimum absolute atomic E-state index is 0.00664. The highest BCUT2D eigenvalue weighted by Crippen LogP contribution is 2.48. The number of nitrogens with zero attached hydrogens (tertiary/aromatic N) is 7. The number of piperazine rings is 1. The molecule has 0 saturated carbocycles. The molecule has 4 aliphatic rings. The van der Waals surface area contributed by atoms with Crippen LogP contribution in [-0.4, -0.2) is 140 Å². The highest BCUT2D eigenvalue weighted by molar-refractivity contribution is 7.90. The van der Waals surface area contributed by atoms with E-state index in [1.807, 2.05) is 4.90 Å². The van der Waals surface area contributed by atoms with Crippen molar-refractivity contribution in [3.63, 3.8) is 0 Å². The van der Waals surface area contributed by atoms with E-state index in [4.69, 9.17) is 35.3 Å². The van der Waals surface area contributed by atoms with E-state index in [-0.39, 0.29) is 99.1 Å². The Morgan fingerprint density at radius 2 is 1.71 bits per heavy atom. The molecule has 2 fully saturated rings. The van der Waals surface area contributed by atoms with E-state index in [1.165, 1.54) is 55.8 Å². The minimum atomic E-state index is -3.92. The number of hydrogen-bond donors (Lipinski definition) is 3. The highest BCUT2D eigenvalue weighted by atomic mass is 35.5. The second-order valence-corrected chi connectivity index (χ2v) is 18.7. The van der Waals surface area contributed by atoms with Gasteiger partial charge in [0.25, 0.3) is 11.8 Å². The molecule has 6 heterocycles. The van der Waals surface area contributed by atoms with Gasteiger partial charge >= 0.3 is 12.3 Å². The number of hydrogen-bond acceptors (Lipinski definition) is 19. The molecule has 4 aliphatic heterocycles. The molecule has 70 heavy (non-hydrogen) atoms. The number of carbonyl (C=O) groups excluding carboxylic acids is 4. The second kappa shape index (κ2) is 19.6. The summed E-state index contributed by atoms with van der Waals surface area (Å²) in [6, 6.07) is 14.2. The molecule has 0 radical (unpaired) electrons. The van der Waals surface area contributed by atoms with Gasteiger partial charge < -0.3 is 39.2 Å². The summed E-state index contributed by atoms with van der Waals surface area (Å²) < 4.78 is 81.1. The molecular weight excluding hydrogens is 962 g/mol. The van der Waals surface area contributed by atoms with E-state index in [2.05, 4.69) is 40.8 Å². The number of para-hydroxylation sites is 1. The van der Waals surface area contributed by atoms with Crippen molar-refractivity contribution < 1.29 is 60.1 Å². The van der Waals surface area contributed by atoms with Gasteiger partial charge in [0.2, 0.25) is 23.7 Å². The number of alkyl halides is 2. The lowest BCUT2D eigenvalue weighted by atomic mass is 10.0. The molecule has 2 aromatic heterocycles. The summed E-state index contributed by atoms with van der Waals surface area (Å²) in [5.74, 6) is -2.15. The lowest BCUT2D eigenvalue weighted by Crippen LogP contribution is -2.54. The summed E-state index contributed by atoms with van der Waals surface area (Å²) in [6.45, 7) is 3.70. The van der Waals surface area contributed by atoms with Crippen LogP contribution in [0.2, 0.25) is 5.02 Å². The van der Waals surface area contributed by atoms with Crippen LogP contribution in [0.3, 0.4) is 0 Å². The molecule has 3 aromatic carbocycles. The van der Waals surface area contributed by atoms with Gasteiger partial charge in [-0.15, -0.1) is 8.78 Å². The van der Waals surface area contributed by atoms with Crippen LogP contribution in [0.25, 0.3) is 0 Å². The molecule has 5 aromatic rings. The molecule has 0 bridgehead atoms. The van der Waals surface area contributed by atoms with E-state index in [0.29, 0.717) is 45.1 Å². The number of anilines is 4. The molecule has 2 saturated heterocycles. The van der Waals surface area contributed by atoms with Crippen molar-refractivity contribution in [2.45, 2.75) is 36.1 Å². The predicted octanol–water partition coefficient (Wildman–Crippen LogP) is 4.22. The third kappa shape index (κ3) is 10.2. The number of pyridine rings is 1. The number of piperidine rings is 1. The van der Waals surface area contributed by atoms with Crippen molar-refractivity contribution >= 4 is 68.3 Å². The molecule has 3 N–H and O–H groups in total. The zero-order valence-corrected chi connectivity index (χ0v) is 38.9. The third-order valence-electron chi connectivity index (χ3n) is 11.7. The van der Waals surface area contributed by atoms with E-state index >= 15 is 0 Å². The molecule has 1 unspecified atom stereocenters. The number of rotatable bonds is 17. The second-order valence-electron chi connectivity index (χ2n) is 16.3. The number of imide groups is 2. The summed E-state index contributed by atoms with van der Waals surface area (Å²) in [5.41, 5.74) is 1.18. The normalized spacial score (nSPS) is 18.1. The molecule has 2 atom stereocenters. The van der Waals surface area contributed by atoms with E-state index < -0.39 is 51.8 Å². The van der Waals surface area contributed by atoms with Crippen LogP contribution in [0, 0.1) is 0 Å². The highest BCUT2D eigenvalue weighted by Gasteiger charge is 2.46. The fourth-order valence-corrected chi connectivity index (χ4v) is 9.12. The van der Waals surface area contributed by atoms with Crippen molar-refractivity contribution in [2.75, 3.05) is 81.4 Å². The van der Waals surface area contributed by atoms with Gasteiger partial charge in [-0.2, -0.15) is 15.0 Å². The summed E-state index contributed by atoms with van der Waals surface area (Å²) in [7, 11) is -2.34. The molecule has 21 nitrogen and oxygen atoms in total. The van der Waals surface area contributed by atoms with E-state index in [0.717, 1.165) is 11.2 Å². The smallest absolute Gasteiger partial charge is 0.491 e. The van der Waals surface area contributed by atoms with E-state index in [9.17, 15) is 36.4 Å². The van der Waals surface area contributed by atoms with Gasteiger partial charge in [-0.05, 0) is 61.0 Å². The number of nitrogens with one attached hydrogen (secondary N) is 3. The maximum atomic E-state index is 14.4. The number of amides is 4. The first-order valence-electron chi connectivity index (χ1n) is 21.8. The summed E-state index contributed by atoms with van der Waals surface area (Å²) >= 11 is 6.63. The number of methoxy groups -OCH3 is 1. The summed E-state index contributed by atoms with van der Waals surface area (Å²) in [5, 5.41) is 8.77. The van der Waals surface area contributed by atoms with Crippen LogP contribution < -0.4 is 39.8 Å². The van der Waals surface area contributed by atoms with Crippen molar-refractivity contribution in [2.24, 2.45) is 0 Å². The third-order valence-corrected chi connectivity index (χ3v) is 13.1. The summed E-state index contributed by atoms with van der Waals surface area (Å²) in [6.07, 6.45) is -1.30.